The second-order valence-corrected chi connectivity index (χ2v) is 5.94. The predicted molar refractivity (Wildman–Crippen MR) is 96.3 cm³/mol. The van der Waals surface area contributed by atoms with Crippen LogP contribution in [0.2, 0.25) is 0 Å². The number of amides is 1. The molecule has 3 aromatic rings. The number of nitrogens with zero attached hydrogens (tertiary/aromatic N) is 1. The van der Waals surface area contributed by atoms with Crippen molar-refractivity contribution < 1.29 is 18.7 Å². The minimum atomic E-state index is -0.463. The fourth-order valence-electron chi connectivity index (χ4n) is 2.56. The lowest BCUT2D eigenvalue weighted by atomic mass is 10.1. The zero-order valence-electron chi connectivity index (χ0n) is 14.5. The lowest BCUT2D eigenvalue weighted by molar-refractivity contribution is -0.148. The van der Waals surface area contributed by atoms with Crippen molar-refractivity contribution in [1.82, 2.24) is 10.3 Å². The van der Waals surface area contributed by atoms with E-state index in [0.29, 0.717) is 17.9 Å². The first-order valence-corrected chi connectivity index (χ1v) is 8.46. The van der Waals surface area contributed by atoms with Crippen LogP contribution in [-0.4, -0.2) is 23.5 Å². The summed E-state index contributed by atoms with van der Waals surface area (Å²) in [4.78, 5) is 28.0. The molecule has 0 saturated carbocycles. The largest absolute Gasteiger partial charge is 0.456 e. The zero-order chi connectivity index (χ0) is 18.4. The number of carbonyl (C=O) groups excluding carboxylic acids is 2. The number of hydrogen-bond acceptors (Lipinski definition) is 5. The number of ether oxygens (including phenoxy) is 1. The molecule has 0 aliphatic carbocycles. The van der Waals surface area contributed by atoms with E-state index in [2.05, 4.69) is 10.3 Å². The summed E-state index contributed by atoms with van der Waals surface area (Å²) in [6.45, 7) is 1.58. The number of esters is 1. The van der Waals surface area contributed by atoms with E-state index in [4.69, 9.17) is 9.15 Å². The van der Waals surface area contributed by atoms with Gasteiger partial charge in [0.15, 0.2) is 18.1 Å². The number of carbonyl (C=O) groups is 2. The molecule has 0 saturated heterocycles. The molecule has 1 heterocycles. The summed E-state index contributed by atoms with van der Waals surface area (Å²) < 4.78 is 10.6. The Labute approximate surface area is 151 Å². The van der Waals surface area contributed by atoms with Gasteiger partial charge in [-0.25, -0.2) is 4.98 Å². The number of fused-ring (bicyclic) bond motifs is 1. The van der Waals surface area contributed by atoms with Crippen LogP contribution in [0.15, 0.2) is 59.0 Å². The molecule has 0 fully saturated rings. The average molecular weight is 352 g/mol. The van der Waals surface area contributed by atoms with Crippen molar-refractivity contribution in [3.63, 3.8) is 0 Å². The fourth-order valence-corrected chi connectivity index (χ4v) is 2.56. The topological polar surface area (TPSA) is 81.4 Å². The molecule has 0 spiro atoms. The molecule has 6 nitrogen and oxygen atoms in total. The molecule has 0 bridgehead atoms. The van der Waals surface area contributed by atoms with E-state index in [1.54, 1.807) is 0 Å². The van der Waals surface area contributed by atoms with Gasteiger partial charge in [0.1, 0.15) is 5.52 Å². The van der Waals surface area contributed by atoms with Gasteiger partial charge in [0.25, 0.3) is 5.91 Å². The minimum Gasteiger partial charge on any atom is -0.456 e. The van der Waals surface area contributed by atoms with E-state index in [9.17, 15) is 9.59 Å². The second-order valence-electron chi connectivity index (χ2n) is 5.94. The van der Waals surface area contributed by atoms with Gasteiger partial charge in [0, 0.05) is 6.42 Å². The Morgan fingerprint density at radius 2 is 1.85 bits per heavy atom. The summed E-state index contributed by atoms with van der Waals surface area (Å²) in [6.07, 6.45) is 0.434. The molecule has 0 unspecified atom stereocenters. The van der Waals surface area contributed by atoms with Crippen LogP contribution in [0.1, 0.15) is 30.8 Å². The Morgan fingerprint density at radius 1 is 1.12 bits per heavy atom. The van der Waals surface area contributed by atoms with Crippen LogP contribution >= 0.6 is 0 Å². The lowest BCUT2D eigenvalue weighted by Gasteiger charge is -2.14. The quantitative estimate of drug-likeness (QED) is 0.661. The van der Waals surface area contributed by atoms with Gasteiger partial charge in [0.2, 0.25) is 0 Å². The maximum absolute atomic E-state index is 11.9. The van der Waals surface area contributed by atoms with Crippen molar-refractivity contribution in [2.75, 3.05) is 6.61 Å². The predicted octanol–water partition coefficient (Wildman–Crippen LogP) is 3.18. The Morgan fingerprint density at radius 3 is 2.62 bits per heavy atom. The van der Waals surface area contributed by atoms with Crippen LogP contribution in [0.4, 0.5) is 0 Å². The van der Waals surface area contributed by atoms with Gasteiger partial charge in [-0.05, 0) is 24.6 Å². The number of aromatic nitrogens is 1. The van der Waals surface area contributed by atoms with E-state index in [-0.39, 0.29) is 25.0 Å². The number of oxazole rings is 1. The van der Waals surface area contributed by atoms with E-state index in [1.165, 1.54) is 0 Å². The van der Waals surface area contributed by atoms with Crippen molar-refractivity contribution in [3.8, 4) is 0 Å². The monoisotopic (exact) mass is 352 g/mol. The number of benzene rings is 2. The summed E-state index contributed by atoms with van der Waals surface area (Å²) in [6, 6.07) is 16.8. The van der Waals surface area contributed by atoms with Crippen molar-refractivity contribution >= 4 is 23.0 Å². The number of hydrogen-bond donors (Lipinski definition) is 1. The Kier molecular flexibility index (Phi) is 5.63. The molecule has 1 amide bonds. The normalized spacial score (nSPS) is 11.9. The van der Waals surface area contributed by atoms with Gasteiger partial charge >= 0.3 is 5.97 Å². The van der Waals surface area contributed by atoms with Gasteiger partial charge < -0.3 is 14.5 Å². The molecule has 6 heteroatoms. The first kappa shape index (κ1) is 17.7. The molecule has 26 heavy (non-hydrogen) atoms. The van der Waals surface area contributed by atoms with E-state index >= 15 is 0 Å². The minimum absolute atomic E-state index is 0.105. The van der Waals surface area contributed by atoms with Crippen molar-refractivity contribution in [2.45, 2.75) is 25.8 Å². The maximum atomic E-state index is 11.9. The van der Waals surface area contributed by atoms with Gasteiger partial charge in [-0.15, -0.1) is 0 Å². The molecule has 1 N–H and O–H groups in total. The summed E-state index contributed by atoms with van der Waals surface area (Å²) in [5.74, 6) is -0.323. The van der Waals surface area contributed by atoms with Crippen molar-refractivity contribution in [1.29, 1.82) is 0 Å². The van der Waals surface area contributed by atoms with Gasteiger partial charge in [-0.3, -0.25) is 9.59 Å². The molecular weight excluding hydrogens is 332 g/mol. The number of nitrogens with one attached hydrogen (secondary N) is 1. The highest BCUT2D eigenvalue weighted by molar-refractivity contribution is 5.81. The number of aryl methyl sites for hydroxylation is 1. The van der Waals surface area contributed by atoms with Crippen LogP contribution in [0.3, 0.4) is 0 Å². The average Bonchev–Trinajstić information content (AvgIpc) is 3.08. The maximum Gasteiger partial charge on any atom is 0.306 e. The fraction of sp³-hybridized carbons (Fsp3) is 0.250. The van der Waals surface area contributed by atoms with E-state index in [1.807, 2.05) is 61.5 Å². The number of para-hydroxylation sites is 2. The molecule has 0 aliphatic rings. The lowest BCUT2D eigenvalue weighted by Crippen LogP contribution is -2.31. The van der Waals surface area contributed by atoms with Gasteiger partial charge in [0.05, 0.1) is 12.5 Å². The van der Waals surface area contributed by atoms with Crippen LogP contribution in [0.5, 0.6) is 0 Å². The van der Waals surface area contributed by atoms with Crippen molar-refractivity contribution in [2.24, 2.45) is 0 Å². The molecule has 2 aromatic carbocycles. The SMILES string of the molecule is C[C@H](NC(=O)COC(=O)CCc1nc2ccccc2o1)c1ccccc1. The summed E-state index contributed by atoms with van der Waals surface area (Å²) in [5.41, 5.74) is 2.43. The third-order valence-corrected chi connectivity index (χ3v) is 3.92. The molecular formula is C20H20N2O4. The van der Waals surface area contributed by atoms with Crippen molar-refractivity contribution in [3.05, 3.63) is 66.1 Å². The van der Waals surface area contributed by atoms with E-state index in [0.717, 1.165) is 11.1 Å². The molecule has 134 valence electrons. The molecule has 3 rings (SSSR count). The van der Waals surface area contributed by atoms with Crippen LogP contribution in [0, 0.1) is 0 Å². The summed E-state index contributed by atoms with van der Waals surface area (Å²) in [7, 11) is 0. The van der Waals surface area contributed by atoms with Crippen LogP contribution in [-0.2, 0) is 20.7 Å². The highest BCUT2D eigenvalue weighted by atomic mass is 16.5. The molecule has 0 aliphatic heterocycles. The second kappa shape index (κ2) is 8.29. The van der Waals surface area contributed by atoms with Gasteiger partial charge in [-0.1, -0.05) is 42.5 Å². The first-order chi connectivity index (χ1) is 12.6. The third kappa shape index (κ3) is 4.69. The van der Waals surface area contributed by atoms with E-state index < -0.39 is 5.97 Å². The van der Waals surface area contributed by atoms with Gasteiger partial charge in [-0.2, -0.15) is 0 Å². The van der Waals surface area contributed by atoms with Crippen LogP contribution < -0.4 is 5.32 Å². The first-order valence-electron chi connectivity index (χ1n) is 8.46. The summed E-state index contributed by atoms with van der Waals surface area (Å²) in [5, 5.41) is 2.80. The highest BCUT2D eigenvalue weighted by Gasteiger charge is 2.13. The zero-order valence-corrected chi connectivity index (χ0v) is 14.5. The smallest absolute Gasteiger partial charge is 0.306 e. The Balaban J connectivity index is 1.41. The van der Waals surface area contributed by atoms with Crippen LogP contribution in [0.25, 0.3) is 11.1 Å². The Bertz CT molecular complexity index is 856. The highest BCUT2D eigenvalue weighted by Crippen LogP contribution is 2.15. The number of rotatable bonds is 7. The Hall–Kier alpha value is -3.15. The standard InChI is InChI=1S/C20H20N2O4/c1-14(15-7-3-2-4-8-15)21-18(23)13-25-20(24)12-11-19-22-16-9-5-6-10-17(16)26-19/h2-10,14H,11-13H2,1H3,(H,21,23)/t14-/m0/s1. The summed E-state index contributed by atoms with van der Waals surface area (Å²) >= 11 is 0. The third-order valence-electron chi connectivity index (χ3n) is 3.92. The molecule has 1 atom stereocenters. The molecule has 1 aromatic heterocycles. The molecule has 0 radical (unpaired) electrons.